The number of halogens is 1. The molecule has 1 saturated heterocycles. The van der Waals surface area contributed by atoms with Gasteiger partial charge in [0.15, 0.2) is 5.65 Å². The van der Waals surface area contributed by atoms with E-state index in [1.807, 2.05) is 36.1 Å². The average molecular weight is 423 g/mol. The molecule has 5 nitrogen and oxygen atoms in total. The number of imidazole rings is 1. The topological polar surface area (TPSA) is 51.0 Å². The van der Waals surface area contributed by atoms with E-state index in [4.69, 9.17) is 21.6 Å². The van der Waals surface area contributed by atoms with Crippen molar-refractivity contribution in [1.29, 1.82) is 0 Å². The third-order valence-electron chi connectivity index (χ3n) is 6.47. The third kappa shape index (κ3) is 3.49. The smallest absolute Gasteiger partial charge is 0.256 e. The van der Waals surface area contributed by atoms with Crippen LogP contribution in [-0.4, -0.2) is 37.9 Å². The van der Waals surface area contributed by atoms with Crippen LogP contribution >= 0.6 is 11.6 Å². The monoisotopic (exact) mass is 422 g/mol. The zero-order valence-electron chi connectivity index (χ0n) is 17.4. The molecule has 0 spiro atoms. The van der Waals surface area contributed by atoms with E-state index < -0.39 is 0 Å². The molecule has 0 bridgehead atoms. The molecule has 1 fully saturated rings. The van der Waals surface area contributed by atoms with Crippen molar-refractivity contribution in [2.75, 3.05) is 6.54 Å². The summed E-state index contributed by atoms with van der Waals surface area (Å²) in [4.78, 5) is 25.4. The second-order valence-electron chi connectivity index (χ2n) is 8.56. The number of carbonyl (C=O) groups excluding carboxylic acids is 1. The van der Waals surface area contributed by atoms with Gasteiger partial charge >= 0.3 is 0 Å². The first-order valence-corrected chi connectivity index (χ1v) is 11.4. The predicted molar refractivity (Wildman–Crippen MR) is 119 cm³/mol. The second-order valence-corrected chi connectivity index (χ2v) is 8.97. The van der Waals surface area contributed by atoms with Gasteiger partial charge in [0, 0.05) is 36.3 Å². The van der Waals surface area contributed by atoms with Crippen molar-refractivity contribution >= 4 is 28.7 Å². The summed E-state index contributed by atoms with van der Waals surface area (Å²) in [5, 5.41) is 0.775. The Morgan fingerprint density at radius 3 is 2.87 bits per heavy atom. The van der Waals surface area contributed by atoms with Gasteiger partial charge < -0.3 is 9.47 Å². The number of rotatable bonds is 3. The van der Waals surface area contributed by atoms with Gasteiger partial charge in [0.05, 0.1) is 5.56 Å². The summed E-state index contributed by atoms with van der Waals surface area (Å²) in [6, 6.07) is 10.0. The molecule has 1 amide bonds. The SMILES string of the molecule is Cc1cc(C(=O)N2CCCC2Cc2ccccc2Cl)c2nc3n(c2n1)CCCCC3. The van der Waals surface area contributed by atoms with E-state index in [1.54, 1.807) is 0 Å². The number of pyridine rings is 1. The Kier molecular flexibility index (Phi) is 5.23. The maximum atomic E-state index is 13.7. The summed E-state index contributed by atoms with van der Waals surface area (Å²) in [5.74, 6) is 1.15. The van der Waals surface area contributed by atoms with E-state index in [-0.39, 0.29) is 11.9 Å². The summed E-state index contributed by atoms with van der Waals surface area (Å²) >= 11 is 6.39. The van der Waals surface area contributed by atoms with Crippen LogP contribution in [0.3, 0.4) is 0 Å². The van der Waals surface area contributed by atoms with Crippen molar-refractivity contribution in [3.63, 3.8) is 0 Å². The zero-order chi connectivity index (χ0) is 20.7. The fraction of sp³-hybridized carbons (Fsp3) is 0.458. The van der Waals surface area contributed by atoms with Gasteiger partial charge in [-0.1, -0.05) is 36.2 Å². The van der Waals surface area contributed by atoms with Gasteiger partial charge in [-0.25, -0.2) is 9.97 Å². The number of aryl methyl sites for hydroxylation is 3. The van der Waals surface area contributed by atoms with Gasteiger partial charge in [-0.2, -0.15) is 0 Å². The summed E-state index contributed by atoms with van der Waals surface area (Å²) in [5.41, 5.74) is 4.32. The Morgan fingerprint density at radius 1 is 1.13 bits per heavy atom. The summed E-state index contributed by atoms with van der Waals surface area (Å²) < 4.78 is 2.23. The summed E-state index contributed by atoms with van der Waals surface area (Å²) in [7, 11) is 0. The number of fused-ring (bicyclic) bond motifs is 3. The molecule has 0 saturated carbocycles. The Hall–Kier alpha value is -2.40. The van der Waals surface area contributed by atoms with Crippen LogP contribution in [0.15, 0.2) is 30.3 Å². The molecule has 0 N–H and O–H groups in total. The lowest BCUT2D eigenvalue weighted by molar-refractivity contribution is 0.0738. The molecule has 30 heavy (non-hydrogen) atoms. The Labute approximate surface area is 182 Å². The molecule has 6 heteroatoms. The van der Waals surface area contributed by atoms with Crippen LogP contribution in [0, 0.1) is 6.92 Å². The van der Waals surface area contributed by atoms with Gasteiger partial charge in [-0.3, -0.25) is 4.79 Å². The molecule has 2 aliphatic rings. The van der Waals surface area contributed by atoms with Crippen molar-refractivity contribution in [2.45, 2.75) is 64.5 Å². The molecule has 156 valence electrons. The van der Waals surface area contributed by atoms with Crippen molar-refractivity contribution in [2.24, 2.45) is 0 Å². The van der Waals surface area contributed by atoms with E-state index in [9.17, 15) is 4.79 Å². The first-order chi connectivity index (χ1) is 14.6. The van der Waals surface area contributed by atoms with Gasteiger partial charge in [0.2, 0.25) is 0 Å². The van der Waals surface area contributed by atoms with E-state index in [1.165, 1.54) is 6.42 Å². The number of likely N-dealkylation sites (tertiary alicyclic amines) is 1. The Balaban J connectivity index is 1.50. The lowest BCUT2D eigenvalue weighted by Crippen LogP contribution is -2.37. The first-order valence-electron chi connectivity index (χ1n) is 11.0. The number of amides is 1. The maximum absolute atomic E-state index is 13.7. The van der Waals surface area contributed by atoms with Gasteiger partial charge in [-0.15, -0.1) is 0 Å². The van der Waals surface area contributed by atoms with Crippen LogP contribution in [0.1, 0.15) is 59.5 Å². The lowest BCUT2D eigenvalue weighted by Gasteiger charge is -2.25. The van der Waals surface area contributed by atoms with Crippen LogP contribution in [0.4, 0.5) is 0 Å². The van der Waals surface area contributed by atoms with E-state index >= 15 is 0 Å². The molecule has 2 aliphatic heterocycles. The summed E-state index contributed by atoms with van der Waals surface area (Å²) in [6.07, 6.45) is 7.29. The van der Waals surface area contributed by atoms with Crippen LogP contribution in [0.5, 0.6) is 0 Å². The Morgan fingerprint density at radius 2 is 2.00 bits per heavy atom. The lowest BCUT2D eigenvalue weighted by atomic mass is 10.0. The second kappa shape index (κ2) is 8.03. The van der Waals surface area contributed by atoms with Crippen molar-refractivity contribution in [1.82, 2.24) is 19.4 Å². The standard InChI is InChI=1S/C24H27ClN4O/c1-16-14-19(22-23(26-16)29-12-6-2-3-11-21(29)27-22)24(30)28-13-7-9-18(28)15-17-8-4-5-10-20(17)25/h4-5,8,10,14,18H,2-3,6-7,9,11-13,15H2,1H3. The molecule has 1 aromatic carbocycles. The zero-order valence-corrected chi connectivity index (χ0v) is 18.2. The highest BCUT2D eigenvalue weighted by Gasteiger charge is 2.32. The molecule has 0 radical (unpaired) electrons. The van der Waals surface area contributed by atoms with Crippen molar-refractivity contribution < 1.29 is 4.79 Å². The summed E-state index contributed by atoms with van der Waals surface area (Å²) in [6.45, 7) is 3.69. The quantitative estimate of drug-likeness (QED) is 0.599. The molecule has 0 aliphatic carbocycles. The molecule has 4 heterocycles. The van der Waals surface area contributed by atoms with Gasteiger partial charge in [0.1, 0.15) is 11.3 Å². The van der Waals surface area contributed by atoms with Crippen LogP contribution in [0.2, 0.25) is 5.02 Å². The predicted octanol–water partition coefficient (Wildman–Crippen LogP) is 4.97. The minimum Gasteiger partial charge on any atom is -0.335 e. The molecule has 2 aromatic heterocycles. The van der Waals surface area contributed by atoms with E-state index in [0.29, 0.717) is 5.56 Å². The van der Waals surface area contributed by atoms with E-state index in [0.717, 1.165) is 84.9 Å². The Bertz CT molecular complexity index is 1110. The van der Waals surface area contributed by atoms with Crippen LogP contribution in [-0.2, 0) is 19.4 Å². The third-order valence-corrected chi connectivity index (χ3v) is 6.84. The van der Waals surface area contributed by atoms with Crippen LogP contribution in [0.25, 0.3) is 11.2 Å². The van der Waals surface area contributed by atoms with E-state index in [2.05, 4.69) is 10.6 Å². The average Bonchev–Trinajstić information content (AvgIpc) is 3.25. The minimum absolute atomic E-state index is 0.0771. The van der Waals surface area contributed by atoms with Gasteiger partial charge in [0.25, 0.3) is 5.91 Å². The van der Waals surface area contributed by atoms with Gasteiger partial charge in [-0.05, 0) is 56.7 Å². The minimum atomic E-state index is 0.0771. The largest absolute Gasteiger partial charge is 0.335 e. The first kappa shape index (κ1) is 19.6. The highest BCUT2D eigenvalue weighted by molar-refractivity contribution is 6.31. The number of aromatic nitrogens is 3. The molecule has 1 unspecified atom stereocenters. The fourth-order valence-electron chi connectivity index (χ4n) is 4.97. The van der Waals surface area contributed by atoms with Crippen molar-refractivity contribution in [3.8, 4) is 0 Å². The highest BCUT2D eigenvalue weighted by Crippen LogP contribution is 2.29. The van der Waals surface area contributed by atoms with Crippen molar-refractivity contribution in [3.05, 3.63) is 58.0 Å². The van der Waals surface area contributed by atoms with Crippen LogP contribution < -0.4 is 0 Å². The number of carbonyl (C=O) groups is 1. The number of hydrogen-bond acceptors (Lipinski definition) is 3. The number of benzene rings is 1. The highest BCUT2D eigenvalue weighted by atomic mass is 35.5. The molecule has 1 atom stereocenters. The molecule has 3 aromatic rings. The normalized spacial score (nSPS) is 19.1. The number of hydrogen-bond donors (Lipinski definition) is 0. The number of nitrogens with zero attached hydrogens (tertiary/aromatic N) is 4. The maximum Gasteiger partial charge on any atom is 0.256 e. The molecular weight excluding hydrogens is 396 g/mol. The molecular formula is C24H27ClN4O. The fourth-order valence-corrected chi connectivity index (χ4v) is 5.18. The molecule has 5 rings (SSSR count).